The fraction of sp³-hybridized carbons (Fsp3) is 0.429. The molecule has 0 amide bonds. The van der Waals surface area contributed by atoms with Gasteiger partial charge in [0.15, 0.2) is 11.2 Å². The number of rotatable bonds is 4. The highest BCUT2D eigenvalue weighted by molar-refractivity contribution is 7.13. The minimum Gasteiger partial charge on any atom is -0.464 e. The van der Waals surface area contributed by atoms with Crippen molar-refractivity contribution in [3.8, 4) is 0 Å². The van der Waals surface area contributed by atoms with Crippen LogP contribution >= 0.6 is 11.3 Å². The minimum absolute atomic E-state index is 0.247. The van der Waals surface area contributed by atoms with Gasteiger partial charge in [-0.3, -0.25) is 0 Å². The van der Waals surface area contributed by atoms with Gasteiger partial charge >= 0.3 is 5.97 Å². The number of hydrogen-bond acceptors (Lipinski definition) is 7. The van der Waals surface area contributed by atoms with Gasteiger partial charge in [0.05, 0.1) is 12.3 Å². The maximum atomic E-state index is 11.3. The van der Waals surface area contributed by atoms with Crippen molar-refractivity contribution in [1.82, 2.24) is 10.5 Å². The summed E-state index contributed by atoms with van der Waals surface area (Å²) in [6.07, 6.45) is 0. The SMILES string of the molecule is CCOC(=O)C(NO)c1csc(N)n1. The van der Waals surface area contributed by atoms with Crippen LogP contribution in [0.3, 0.4) is 0 Å². The molecular weight excluding hydrogens is 206 g/mol. The van der Waals surface area contributed by atoms with Gasteiger partial charge in [-0.05, 0) is 6.92 Å². The number of nitrogens with one attached hydrogen (secondary N) is 1. The number of carbonyl (C=O) groups is 1. The smallest absolute Gasteiger partial charge is 0.331 e. The number of nitrogens with two attached hydrogens (primary N) is 1. The molecule has 0 saturated heterocycles. The van der Waals surface area contributed by atoms with E-state index in [0.29, 0.717) is 10.8 Å². The van der Waals surface area contributed by atoms with Gasteiger partial charge in [-0.15, -0.1) is 11.3 Å². The number of hydroxylamine groups is 1. The van der Waals surface area contributed by atoms with Crippen molar-refractivity contribution >= 4 is 22.4 Å². The van der Waals surface area contributed by atoms with E-state index in [9.17, 15) is 4.79 Å². The Hall–Kier alpha value is -1.18. The second kappa shape index (κ2) is 4.89. The number of nitrogens with zero attached hydrogens (tertiary/aromatic N) is 1. The maximum Gasteiger partial charge on any atom is 0.331 e. The maximum absolute atomic E-state index is 11.3. The van der Waals surface area contributed by atoms with Gasteiger partial charge in [-0.2, -0.15) is 5.48 Å². The molecule has 0 saturated carbocycles. The van der Waals surface area contributed by atoms with Crippen LogP contribution < -0.4 is 11.2 Å². The van der Waals surface area contributed by atoms with Crippen LogP contribution in [0, 0.1) is 0 Å². The number of anilines is 1. The van der Waals surface area contributed by atoms with Crippen LogP contribution in [0.5, 0.6) is 0 Å². The summed E-state index contributed by atoms with van der Waals surface area (Å²) in [4.78, 5) is 15.1. The monoisotopic (exact) mass is 217 g/mol. The first kappa shape index (κ1) is 10.9. The number of esters is 1. The van der Waals surface area contributed by atoms with Crippen molar-refractivity contribution in [1.29, 1.82) is 0 Å². The van der Waals surface area contributed by atoms with Crippen LogP contribution in [0.4, 0.5) is 5.13 Å². The van der Waals surface area contributed by atoms with E-state index in [0.717, 1.165) is 0 Å². The number of ether oxygens (including phenoxy) is 1. The zero-order valence-corrected chi connectivity index (χ0v) is 8.37. The molecule has 0 spiro atoms. The molecule has 0 radical (unpaired) electrons. The van der Waals surface area contributed by atoms with E-state index in [4.69, 9.17) is 15.7 Å². The Morgan fingerprint density at radius 1 is 1.93 bits per heavy atom. The van der Waals surface area contributed by atoms with Gasteiger partial charge in [0.2, 0.25) is 0 Å². The molecule has 4 N–H and O–H groups in total. The molecule has 7 heteroatoms. The van der Waals surface area contributed by atoms with Gasteiger partial charge in [-0.1, -0.05) is 0 Å². The Labute approximate surface area is 84.7 Å². The third-order valence-corrected chi connectivity index (χ3v) is 2.18. The average molecular weight is 217 g/mol. The predicted molar refractivity (Wildman–Crippen MR) is 50.8 cm³/mol. The van der Waals surface area contributed by atoms with E-state index in [1.165, 1.54) is 11.3 Å². The summed E-state index contributed by atoms with van der Waals surface area (Å²) < 4.78 is 4.72. The molecule has 0 bridgehead atoms. The van der Waals surface area contributed by atoms with E-state index in [-0.39, 0.29) is 6.61 Å². The standard InChI is InChI=1S/C7H11N3O3S/c1-2-13-6(11)5(10-12)4-3-14-7(8)9-4/h3,5,10,12H,2H2,1H3,(H2,8,9). The minimum atomic E-state index is -0.969. The predicted octanol–water partition coefficient (Wildman–Crippen LogP) is 0.308. The summed E-state index contributed by atoms with van der Waals surface area (Å²) in [7, 11) is 0. The van der Waals surface area contributed by atoms with Gasteiger partial charge in [0, 0.05) is 5.38 Å². The lowest BCUT2D eigenvalue weighted by Crippen LogP contribution is -2.28. The molecule has 78 valence electrons. The Kier molecular flexibility index (Phi) is 3.81. The van der Waals surface area contributed by atoms with Crippen molar-refractivity contribution in [3.63, 3.8) is 0 Å². The van der Waals surface area contributed by atoms with Gasteiger partial charge in [0.25, 0.3) is 0 Å². The first-order valence-corrected chi connectivity index (χ1v) is 4.84. The molecule has 1 unspecified atom stereocenters. The third kappa shape index (κ3) is 2.41. The van der Waals surface area contributed by atoms with E-state index in [1.54, 1.807) is 12.3 Å². The molecule has 0 aromatic carbocycles. The molecule has 0 aliphatic heterocycles. The molecule has 1 aromatic rings. The highest BCUT2D eigenvalue weighted by Gasteiger charge is 2.23. The van der Waals surface area contributed by atoms with E-state index in [1.807, 2.05) is 5.48 Å². The second-order valence-corrected chi connectivity index (χ2v) is 3.31. The number of aromatic nitrogens is 1. The summed E-state index contributed by atoms with van der Waals surface area (Å²) in [6.45, 7) is 1.93. The van der Waals surface area contributed by atoms with Gasteiger partial charge < -0.3 is 15.7 Å². The Balaban J connectivity index is 2.76. The molecule has 0 aliphatic carbocycles. The lowest BCUT2D eigenvalue weighted by Gasteiger charge is -2.10. The molecule has 0 aliphatic rings. The Morgan fingerprint density at radius 3 is 3.07 bits per heavy atom. The van der Waals surface area contributed by atoms with E-state index >= 15 is 0 Å². The van der Waals surface area contributed by atoms with Crippen LogP contribution in [0.1, 0.15) is 18.7 Å². The summed E-state index contributed by atoms with van der Waals surface area (Å²) in [5.74, 6) is -0.583. The van der Waals surface area contributed by atoms with Crippen molar-refractivity contribution in [2.45, 2.75) is 13.0 Å². The second-order valence-electron chi connectivity index (χ2n) is 2.42. The lowest BCUT2D eigenvalue weighted by molar-refractivity contribution is -0.148. The normalized spacial score (nSPS) is 12.4. The van der Waals surface area contributed by atoms with Crippen molar-refractivity contribution in [2.75, 3.05) is 12.3 Å². The summed E-state index contributed by atoms with van der Waals surface area (Å²) in [5, 5.41) is 10.7. The van der Waals surface area contributed by atoms with Crippen LogP contribution in [-0.4, -0.2) is 22.8 Å². The first-order chi connectivity index (χ1) is 6.69. The molecule has 6 nitrogen and oxygen atoms in total. The Morgan fingerprint density at radius 2 is 2.64 bits per heavy atom. The summed E-state index contributed by atoms with van der Waals surface area (Å²) in [6, 6.07) is -0.969. The molecule has 0 fully saturated rings. The number of carbonyl (C=O) groups excluding carboxylic acids is 1. The molecule has 14 heavy (non-hydrogen) atoms. The van der Waals surface area contributed by atoms with E-state index < -0.39 is 12.0 Å². The molecule has 1 atom stereocenters. The van der Waals surface area contributed by atoms with E-state index in [2.05, 4.69) is 4.98 Å². The molecule has 1 rings (SSSR count). The summed E-state index contributed by atoms with van der Waals surface area (Å²) >= 11 is 1.19. The van der Waals surface area contributed by atoms with Gasteiger partial charge in [-0.25, -0.2) is 9.78 Å². The highest BCUT2D eigenvalue weighted by Crippen LogP contribution is 2.18. The topological polar surface area (TPSA) is 97.5 Å². The summed E-state index contributed by atoms with van der Waals surface area (Å²) in [5.41, 5.74) is 7.58. The van der Waals surface area contributed by atoms with Crippen LogP contribution in [0.25, 0.3) is 0 Å². The average Bonchev–Trinajstić information content (AvgIpc) is 2.54. The van der Waals surface area contributed by atoms with Gasteiger partial charge in [0.1, 0.15) is 0 Å². The molecule has 1 heterocycles. The fourth-order valence-corrected chi connectivity index (χ4v) is 1.49. The van der Waals surface area contributed by atoms with Crippen LogP contribution in [0.15, 0.2) is 5.38 Å². The molecular formula is C7H11N3O3S. The fourth-order valence-electron chi connectivity index (χ4n) is 0.898. The lowest BCUT2D eigenvalue weighted by atomic mass is 10.2. The number of hydrogen-bond donors (Lipinski definition) is 3. The van der Waals surface area contributed by atoms with Crippen molar-refractivity contribution < 1.29 is 14.7 Å². The Bertz CT molecular complexity index is 315. The van der Waals surface area contributed by atoms with Crippen molar-refractivity contribution in [3.05, 3.63) is 11.1 Å². The first-order valence-electron chi connectivity index (χ1n) is 3.96. The number of nitrogen functional groups attached to an aromatic ring is 1. The zero-order valence-electron chi connectivity index (χ0n) is 7.56. The molecule has 1 aromatic heterocycles. The largest absolute Gasteiger partial charge is 0.464 e. The van der Waals surface area contributed by atoms with Crippen LogP contribution in [-0.2, 0) is 9.53 Å². The third-order valence-electron chi connectivity index (χ3n) is 1.49. The zero-order chi connectivity index (χ0) is 10.6. The van der Waals surface area contributed by atoms with Crippen LogP contribution in [0.2, 0.25) is 0 Å². The number of thiazole rings is 1. The van der Waals surface area contributed by atoms with Crippen molar-refractivity contribution in [2.24, 2.45) is 0 Å². The highest BCUT2D eigenvalue weighted by atomic mass is 32.1. The quantitative estimate of drug-likeness (QED) is 0.496.